The highest BCUT2D eigenvalue weighted by Crippen LogP contribution is 2.07. The number of carbonyl (C=O) groups excluding carboxylic acids is 2. The third-order valence-electron chi connectivity index (χ3n) is 2.54. The minimum absolute atomic E-state index is 0.0216. The molecule has 3 amide bonds. The number of imide groups is 1. The summed E-state index contributed by atoms with van der Waals surface area (Å²) in [6.07, 6.45) is 0.973. The van der Waals surface area contributed by atoms with Gasteiger partial charge in [0.05, 0.1) is 5.69 Å². The number of amides is 3. The zero-order valence-corrected chi connectivity index (χ0v) is 11.5. The molecule has 8 heteroatoms. The van der Waals surface area contributed by atoms with Crippen LogP contribution in [0.1, 0.15) is 31.4 Å². The van der Waals surface area contributed by atoms with Crippen LogP contribution in [0, 0.1) is 6.92 Å². The summed E-state index contributed by atoms with van der Waals surface area (Å²) in [6.45, 7) is 1.79. The zero-order chi connectivity index (χ0) is 15.1. The topological polar surface area (TPSA) is 113 Å². The second kappa shape index (κ2) is 7.27. The smallest absolute Gasteiger partial charge is 0.327 e. The lowest BCUT2D eigenvalue weighted by Crippen LogP contribution is -2.34. The van der Waals surface area contributed by atoms with Gasteiger partial charge in [0.1, 0.15) is 5.82 Å². The van der Waals surface area contributed by atoms with Crippen molar-refractivity contribution in [3.05, 3.63) is 11.8 Å². The molecule has 3 N–H and O–H groups in total. The lowest BCUT2D eigenvalue weighted by Gasteiger charge is -2.06. The van der Waals surface area contributed by atoms with E-state index >= 15 is 0 Å². The van der Waals surface area contributed by atoms with E-state index in [0.29, 0.717) is 18.7 Å². The van der Waals surface area contributed by atoms with E-state index in [1.54, 1.807) is 20.0 Å². The number of aromatic nitrogens is 2. The average Bonchev–Trinajstić information content (AvgIpc) is 2.63. The van der Waals surface area contributed by atoms with Crippen LogP contribution in [-0.4, -0.2) is 32.8 Å². The van der Waals surface area contributed by atoms with Gasteiger partial charge >= 0.3 is 12.0 Å². The molecule has 0 radical (unpaired) electrons. The fourth-order valence-electron chi connectivity index (χ4n) is 1.63. The summed E-state index contributed by atoms with van der Waals surface area (Å²) in [6, 6.07) is 1.05. The Morgan fingerprint density at radius 2 is 1.95 bits per heavy atom. The second-order valence-electron chi connectivity index (χ2n) is 4.40. The van der Waals surface area contributed by atoms with Crippen LogP contribution < -0.4 is 10.6 Å². The number of hydrogen-bond donors (Lipinski definition) is 3. The first-order valence-corrected chi connectivity index (χ1v) is 6.21. The van der Waals surface area contributed by atoms with E-state index < -0.39 is 17.9 Å². The molecule has 1 aromatic rings. The molecule has 0 atom stereocenters. The molecule has 0 saturated heterocycles. The molecule has 20 heavy (non-hydrogen) atoms. The van der Waals surface area contributed by atoms with Crippen molar-refractivity contribution in [1.82, 2.24) is 15.1 Å². The number of carbonyl (C=O) groups is 3. The van der Waals surface area contributed by atoms with Gasteiger partial charge in [-0.1, -0.05) is 0 Å². The van der Waals surface area contributed by atoms with E-state index in [1.165, 1.54) is 4.68 Å². The SMILES string of the molecule is Cc1cc(NC(=O)NC(=O)CCCCC(=O)O)n(C)n1. The van der Waals surface area contributed by atoms with Gasteiger partial charge in [-0.05, 0) is 19.8 Å². The number of aryl methyl sites for hydroxylation is 2. The van der Waals surface area contributed by atoms with Gasteiger partial charge in [-0.15, -0.1) is 0 Å². The summed E-state index contributed by atoms with van der Waals surface area (Å²) in [5.74, 6) is -0.847. The highest BCUT2D eigenvalue weighted by molar-refractivity contribution is 6.00. The molecule has 0 aliphatic rings. The lowest BCUT2D eigenvalue weighted by atomic mass is 10.2. The van der Waals surface area contributed by atoms with Crippen LogP contribution in [0.4, 0.5) is 10.6 Å². The van der Waals surface area contributed by atoms with E-state index in [0.717, 1.165) is 5.69 Å². The van der Waals surface area contributed by atoms with Crippen LogP contribution in [-0.2, 0) is 16.6 Å². The van der Waals surface area contributed by atoms with Gasteiger partial charge in [0.2, 0.25) is 5.91 Å². The van der Waals surface area contributed by atoms with Crippen LogP contribution in [0.5, 0.6) is 0 Å². The van der Waals surface area contributed by atoms with Crippen molar-refractivity contribution >= 4 is 23.7 Å². The predicted molar refractivity (Wildman–Crippen MR) is 71.2 cm³/mol. The molecule has 8 nitrogen and oxygen atoms in total. The first-order valence-electron chi connectivity index (χ1n) is 6.21. The molecule has 1 rings (SSSR count). The highest BCUT2D eigenvalue weighted by atomic mass is 16.4. The Bertz CT molecular complexity index is 510. The molecule has 1 heterocycles. The maximum absolute atomic E-state index is 11.5. The van der Waals surface area contributed by atoms with E-state index in [4.69, 9.17) is 5.11 Å². The van der Waals surface area contributed by atoms with Crippen molar-refractivity contribution < 1.29 is 19.5 Å². The minimum atomic E-state index is -0.894. The Labute approximate surface area is 116 Å². The van der Waals surface area contributed by atoms with Gasteiger partial charge in [-0.3, -0.25) is 24.9 Å². The summed E-state index contributed by atoms with van der Waals surface area (Å²) < 4.78 is 1.49. The number of rotatable bonds is 6. The fraction of sp³-hybridized carbons (Fsp3) is 0.500. The van der Waals surface area contributed by atoms with E-state index in [9.17, 15) is 14.4 Å². The molecule has 0 saturated carbocycles. The molecule has 0 aliphatic carbocycles. The van der Waals surface area contributed by atoms with Crippen molar-refractivity contribution in [1.29, 1.82) is 0 Å². The molecule has 110 valence electrons. The fourth-order valence-corrected chi connectivity index (χ4v) is 1.63. The van der Waals surface area contributed by atoms with Gasteiger partial charge in [0.25, 0.3) is 0 Å². The monoisotopic (exact) mass is 282 g/mol. The number of aliphatic carboxylic acids is 1. The highest BCUT2D eigenvalue weighted by Gasteiger charge is 2.10. The van der Waals surface area contributed by atoms with Crippen molar-refractivity contribution in [3.8, 4) is 0 Å². The zero-order valence-electron chi connectivity index (χ0n) is 11.5. The van der Waals surface area contributed by atoms with Gasteiger partial charge in [0, 0.05) is 26.0 Å². The standard InChI is InChI=1S/C12H18N4O4/c1-8-7-9(16(2)15-8)13-12(20)14-10(17)5-3-4-6-11(18)19/h7H,3-6H2,1-2H3,(H,18,19)(H2,13,14,17,20). The molecule has 0 unspecified atom stereocenters. The number of unbranched alkanes of at least 4 members (excludes halogenated alkanes) is 1. The van der Waals surface area contributed by atoms with E-state index in [-0.39, 0.29) is 12.8 Å². The predicted octanol–water partition coefficient (Wildman–Crippen LogP) is 1.02. The number of carboxylic acids is 1. The Morgan fingerprint density at radius 1 is 1.30 bits per heavy atom. The summed E-state index contributed by atoms with van der Waals surface area (Å²) in [4.78, 5) is 33.3. The Hall–Kier alpha value is -2.38. The largest absolute Gasteiger partial charge is 0.481 e. The molecule has 0 aromatic carbocycles. The van der Waals surface area contributed by atoms with Gasteiger partial charge in [-0.25, -0.2) is 4.79 Å². The van der Waals surface area contributed by atoms with Crippen LogP contribution in [0.25, 0.3) is 0 Å². The third-order valence-corrected chi connectivity index (χ3v) is 2.54. The molecular formula is C12H18N4O4. The van der Waals surface area contributed by atoms with Crippen molar-refractivity contribution in [3.63, 3.8) is 0 Å². The van der Waals surface area contributed by atoms with Crippen LogP contribution in [0.3, 0.4) is 0 Å². The van der Waals surface area contributed by atoms with E-state index in [1.807, 2.05) is 0 Å². The number of hydrogen-bond acceptors (Lipinski definition) is 4. The Balaban J connectivity index is 2.29. The van der Waals surface area contributed by atoms with Crippen molar-refractivity contribution in [2.75, 3.05) is 5.32 Å². The molecule has 1 aromatic heterocycles. The molecule has 0 bridgehead atoms. The van der Waals surface area contributed by atoms with Crippen LogP contribution >= 0.6 is 0 Å². The molecule has 0 spiro atoms. The van der Waals surface area contributed by atoms with Crippen LogP contribution in [0.15, 0.2) is 6.07 Å². The van der Waals surface area contributed by atoms with E-state index in [2.05, 4.69) is 15.7 Å². The summed E-state index contributed by atoms with van der Waals surface area (Å²) in [7, 11) is 1.68. The van der Waals surface area contributed by atoms with Gasteiger partial charge in [0.15, 0.2) is 0 Å². The summed E-state index contributed by atoms with van der Waals surface area (Å²) >= 11 is 0. The molecule has 0 fully saturated rings. The Morgan fingerprint density at radius 3 is 2.50 bits per heavy atom. The lowest BCUT2D eigenvalue weighted by molar-refractivity contribution is -0.137. The second-order valence-corrected chi connectivity index (χ2v) is 4.40. The van der Waals surface area contributed by atoms with Gasteiger partial charge < -0.3 is 5.11 Å². The first-order chi connectivity index (χ1) is 9.38. The number of urea groups is 1. The third kappa shape index (κ3) is 5.51. The molecule has 0 aliphatic heterocycles. The maximum atomic E-state index is 11.5. The van der Waals surface area contributed by atoms with Crippen molar-refractivity contribution in [2.24, 2.45) is 7.05 Å². The summed E-state index contributed by atoms with van der Waals surface area (Å²) in [5.41, 5.74) is 0.753. The minimum Gasteiger partial charge on any atom is -0.481 e. The average molecular weight is 282 g/mol. The number of nitrogens with zero attached hydrogens (tertiary/aromatic N) is 2. The summed E-state index contributed by atoms with van der Waals surface area (Å²) in [5, 5.41) is 17.2. The number of anilines is 1. The van der Waals surface area contributed by atoms with Crippen LogP contribution in [0.2, 0.25) is 0 Å². The van der Waals surface area contributed by atoms with Crippen molar-refractivity contribution in [2.45, 2.75) is 32.6 Å². The molecular weight excluding hydrogens is 264 g/mol. The quantitative estimate of drug-likeness (QED) is 0.674. The normalized spacial score (nSPS) is 10.1. The Kier molecular flexibility index (Phi) is 5.70. The first kappa shape index (κ1) is 15.7. The maximum Gasteiger partial charge on any atom is 0.327 e. The number of carboxylic acid groups (broad SMARTS) is 1. The van der Waals surface area contributed by atoms with Gasteiger partial charge in [-0.2, -0.15) is 5.10 Å². The number of nitrogens with one attached hydrogen (secondary N) is 2.